The van der Waals surface area contributed by atoms with E-state index in [1.807, 2.05) is 0 Å². The van der Waals surface area contributed by atoms with E-state index in [0.717, 1.165) is 12.1 Å². The average Bonchev–Trinajstić information content (AvgIpc) is 2.29. The largest absolute Gasteiger partial charge is 0.478 e. The van der Waals surface area contributed by atoms with Gasteiger partial charge in [0.1, 0.15) is 12.4 Å². The van der Waals surface area contributed by atoms with Crippen LogP contribution in [0.4, 0.5) is 14.9 Å². The summed E-state index contributed by atoms with van der Waals surface area (Å²) in [5.41, 5.74) is -0.650. The predicted molar refractivity (Wildman–Crippen MR) is 63.5 cm³/mol. The highest BCUT2D eigenvalue weighted by atomic mass is 35.5. The van der Waals surface area contributed by atoms with Gasteiger partial charge in [0.05, 0.1) is 16.3 Å². The first kappa shape index (κ1) is 14.0. The van der Waals surface area contributed by atoms with Crippen LogP contribution in [-0.4, -0.2) is 23.8 Å². The topological polar surface area (TPSA) is 75.6 Å². The number of nitrogens with one attached hydrogen (secondary N) is 1. The molecule has 0 saturated carbocycles. The van der Waals surface area contributed by atoms with Crippen molar-refractivity contribution in [2.24, 2.45) is 0 Å². The van der Waals surface area contributed by atoms with Crippen molar-refractivity contribution < 1.29 is 23.8 Å². The third-order valence-corrected chi connectivity index (χ3v) is 2.17. The lowest BCUT2D eigenvalue weighted by Crippen LogP contribution is -2.15. The van der Waals surface area contributed by atoms with Crippen molar-refractivity contribution in [2.45, 2.75) is 0 Å². The fraction of sp³-hybridized carbons (Fsp3) is 0.0909. The third-order valence-electron chi connectivity index (χ3n) is 1.86. The van der Waals surface area contributed by atoms with Gasteiger partial charge >= 0.3 is 12.1 Å². The lowest BCUT2D eigenvalue weighted by molar-refractivity contribution is 0.0697. The molecule has 0 spiro atoms. The van der Waals surface area contributed by atoms with Gasteiger partial charge in [-0.05, 0) is 12.1 Å². The maximum atomic E-state index is 13.4. The van der Waals surface area contributed by atoms with Crippen LogP contribution in [0.3, 0.4) is 0 Å². The fourth-order valence-electron chi connectivity index (χ4n) is 1.09. The molecule has 5 nitrogen and oxygen atoms in total. The van der Waals surface area contributed by atoms with E-state index < -0.39 is 17.9 Å². The molecule has 0 aliphatic heterocycles. The van der Waals surface area contributed by atoms with Gasteiger partial charge in [-0.15, -0.1) is 0 Å². The van der Waals surface area contributed by atoms with Crippen LogP contribution >= 0.6 is 11.6 Å². The first-order valence-electron chi connectivity index (χ1n) is 4.72. The Hall–Kier alpha value is -2.08. The number of benzene rings is 1. The zero-order chi connectivity index (χ0) is 13.7. The van der Waals surface area contributed by atoms with E-state index in [9.17, 15) is 14.0 Å². The van der Waals surface area contributed by atoms with Crippen LogP contribution in [0.5, 0.6) is 0 Å². The van der Waals surface area contributed by atoms with E-state index in [0.29, 0.717) is 0 Å². The molecule has 0 unspecified atom stereocenters. The Bertz CT molecular complexity index is 504. The van der Waals surface area contributed by atoms with E-state index in [1.165, 1.54) is 6.08 Å². The number of rotatable bonds is 4. The summed E-state index contributed by atoms with van der Waals surface area (Å²) in [6.45, 7) is 3.28. The molecule has 18 heavy (non-hydrogen) atoms. The molecule has 1 rings (SSSR count). The number of aromatic carboxylic acids is 1. The molecule has 0 saturated heterocycles. The molecule has 0 heterocycles. The van der Waals surface area contributed by atoms with Crippen LogP contribution in [-0.2, 0) is 4.74 Å². The number of hydrogen-bond donors (Lipinski definition) is 2. The minimum Gasteiger partial charge on any atom is -0.478 e. The first-order valence-corrected chi connectivity index (χ1v) is 5.10. The van der Waals surface area contributed by atoms with Gasteiger partial charge in [0.2, 0.25) is 0 Å². The molecule has 1 aromatic rings. The molecular formula is C11H9ClFNO4. The molecule has 1 aromatic carbocycles. The molecule has 2 N–H and O–H groups in total. The molecule has 0 bridgehead atoms. The maximum Gasteiger partial charge on any atom is 0.412 e. The molecule has 0 aliphatic rings. The smallest absolute Gasteiger partial charge is 0.412 e. The van der Waals surface area contributed by atoms with Crippen molar-refractivity contribution in [3.05, 3.63) is 41.2 Å². The minimum atomic E-state index is -1.33. The lowest BCUT2D eigenvalue weighted by Gasteiger charge is -2.08. The zero-order valence-electron chi connectivity index (χ0n) is 9.07. The van der Waals surface area contributed by atoms with Gasteiger partial charge in [0.25, 0.3) is 0 Å². The third kappa shape index (κ3) is 3.46. The Morgan fingerprint density at radius 3 is 2.78 bits per heavy atom. The number of carbonyl (C=O) groups is 2. The van der Waals surface area contributed by atoms with E-state index >= 15 is 0 Å². The number of carboxylic acids is 1. The van der Waals surface area contributed by atoms with Gasteiger partial charge in [-0.1, -0.05) is 24.3 Å². The van der Waals surface area contributed by atoms with E-state index in [-0.39, 0.29) is 22.9 Å². The van der Waals surface area contributed by atoms with Crippen molar-refractivity contribution in [2.75, 3.05) is 11.9 Å². The second-order valence-corrected chi connectivity index (χ2v) is 3.54. The van der Waals surface area contributed by atoms with Crippen molar-refractivity contribution >= 4 is 29.4 Å². The lowest BCUT2D eigenvalue weighted by atomic mass is 10.2. The second kappa shape index (κ2) is 6.02. The molecule has 1 amide bonds. The molecule has 0 radical (unpaired) electrons. The Kier molecular flexibility index (Phi) is 4.67. The van der Waals surface area contributed by atoms with Crippen LogP contribution in [0.2, 0.25) is 5.02 Å². The maximum absolute atomic E-state index is 13.4. The van der Waals surface area contributed by atoms with E-state index in [1.54, 1.807) is 0 Å². The number of hydrogen-bond acceptors (Lipinski definition) is 3. The van der Waals surface area contributed by atoms with Crippen molar-refractivity contribution in [1.29, 1.82) is 0 Å². The number of halogens is 2. The molecule has 0 fully saturated rings. The summed E-state index contributed by atoms with van der Waals surface area (Å²) in [5.74, 6) is -2.19. The highest BCUT2D eigenvalue weighted by Gasteiger charge is 2.15. The number of carboxylic acid groups (broad SMARTS) is 1. The van der Waals surface area contributed by atoms with Crippen LogP contribution in [0.25, 0.3) is 0 Å². The first-order chi connectivity index (χ1) is 8.45. The van der Waals surface area contributed by atoms with Crippen molar-refractivity contribution in [3.8, 4) is 0 Å². The van der Waals surface area contributed by atoms with Crippen LogP contribution in [0.1, 0.15) is 10.4 Å². The van der Waals surface area contributed by atoms with Crippen LogP contribution in [0, 0.1) is 5.82 Å². The van der Waals surface area contributed by atoms with E-state index in [4.69, 9.17) is 16.7 Å². The molecule has 96 valence electrons. The highest BCUT2D eigenvalue weighted by Crippen LogP contribution is 2.24. The Morgan fingerprint density at radius 2 is 2.22 bits per heavy atom. The number of carbonyl (C=O) groups excluding carboxylic acids is 1. The Balaban J connectivity index is 2.95. The van der Waals surface area contributed by atoms with Crippen molar-refractivity contribution in [3.63, 3.8) is 0 Å². The fourth-order valence-corrected chi connectivity index (χ4v) is 1.32. The summed E-state index contributed by atoms with van der Waals surface area (Å²) in [4.78, 5) is 21.9. The van der Waals surface area contributed by atoms with Gasteiger partial charge in [0, 0.05) is 0 Å². The van der Waals surface area contributed by atoms with Crippen LogP contribution in [0.15, 0.2) is 24.8 Å². The van der Waals surface area contributed by atoms with Gasteiger partial charge in [-0.25, -0.2) is 14.0 Å². The summed E-state index contributed by atoms with van der Waals surface area (Å²) in [6.07, 6.45) is 0.410. The summed E-state index contributed by atoms with van der Waals surface area (Å²) < 4.78 is 18.0. The van der Waals surface area contributed by atoms with Gasteiger partial charge in [0.15, 0.2) is 0 Å². The Labute approximate surface area is 107 Å². The molecule has 7 heteroatoms. The number of ether oxygens (including phenoxy) is 1. The Morgan fingerprint density at radius 1 is 1.56 bits per heavy atom. The average molecular weight is 274 g/mol. The molecule has 0 aromatic heterocycles. The predicted octanol–water partition coefficient (Wildman–Crippen LogP) is 2.91. The molecule has 0 atom stereocenters. The monoisotopic (exact) mass is 273 g/mol. The summed E-state index contributed by atoms with van der Waals surface area (Å²) in [7, 11) is 0. The van der Waals surface area contributed by atoms with E-state index in [2.05, 4.69) is 16.6 Å². The van der Waals surface area contributed by atoms with Gasteiger partial charge in [-0.3, -0.25) is 5.32 Å². The number of amides is 1. The number of anilines is 1. The summed E-state index contributed by atoms with van der Waals surface area (Å²) >= 11 is 5.54. The van der Waals surface area contributed by atoms with Crippen molar-refractivity contribution in [1.82, 2.24) is 0 Å². The summed E-state index contributed by atoms with van der Waals surface area (Å²) in [6, 6.07) is 1.71. The zero-order valence-corrected chi connectivity index (χ0v) is 9.83. The molecule has 0 aliphatic carbocycles. The SMILES string of the molecule is C=CCOC(=O)Nc1cc(C(=O)O)c(Cl)cc1F. The minimum absolute atomic E-state index is 0.0488. The summed E-state index contributed by atoms with van der Waals surface area (Å²) in [5, 5.41) is 10.6. The molecular weight excluding hydrogens is 265 g/mol. The van der Waals surface area contributed by atoms with Gasteiger partial charge in [-0.2, -0.15) is 0 Å². The normalized spacial score (nSPS) is 9.67. The van der Waals surface area contributed by atoms with Crippen LogP contribution < -0.4 is 5.32 Å². The van der Waals surface area contributed by atoms with Gasteiger partial charge < -0.3 is 9.84 Å². The standard InChI is InChI=1S/C11H9ClFNO4/c1-2-3-18-11(17)14-9-4-6(10(15)16)7(12)5-8(9)13/h2,4-5H,1,3H2,(H,14,17)(H,15,16). The quantitative estimate of drug-likeness (QED) is 0.827. The highest BCUT2D eigenvalue weighted by molar-refractivity contribution is 6.33. The second-order valence-electron chi connectivity index (χ2n) is 3.13.